The topological polar surface area (TPSA) is 94.6 Å². The molecule has 8 heteroatoms. The van der Waals surface area contributed by atoms with Gasteiger partial charge in [-0.15, -0.1) is 11.3 Å². The van der Waals surface area contributed by atoms with E-state index < -0.39 is 5.97 Å². The Morgan fingerprint density at radius 2 is 2.19 bits per heavy atom. The van der Waals surface area contributed by atoms with Gasteiger partial charge >= 0.3 is 12.0 Å². The summed E-state index contributed by atoms with van der Waals surface area (Å²) in [4.78, 5) is 29.3. The van der Waals surface area contributed by atoms with E-state index in [0.29, 0.717) is 6.54 Å². The number of hydrogen-bond donors (Lipinski definition) is 3. The molecule has 1 atom stereocenters. The molecule has 7 nitrogen and oxygen atoms in total. The number of aromatic nitrogens is 1. The Hall–Kier alpha value is -2.19. The largest absolute Gasteiger partial charge is 0.480 e. The molecule has 1 unspecified atom stereocenters. The van der Waals surface area contributed by atoms with E-state index in [-0.39, 0.29) is 30.7 Å². The summed E-state index contributed by atoms with van der Waals surface area (Å²) in [6, 6.07) is 6.05. The van der Waals surface area contributed by atoms with Crippen LogP contribution in [0.3, 0.4) is 0 Å². The smallest absolute Gasteiger partial charge is 0.317 e. The van der Waals surface area contributed by atoms with Gasteiger partial charge < -0.3 is 15.7 Å². The summed E-state index contributed by atoms with van der Waals surface area (Å²) in [6.45, 7) is 4.67. The number of nitrogens with one attached hydrogen (secondary N) is 2. The third-order valence-corrected chi connectivity index (χ3v) is 5.70. The van der Waals surface area contributed by atoms with Crippen LogP contribution in [0.1, 0.15) is 38.3 Å². The molecule has 1 heterocycles. The highest BCUT2D eigenvalue weighted by atomic mass is 32.1. The van der Waals surface area contributed by atoms with Crippen LogP contribution < -0.4 is 10.6 Å². The van der Waals surface area contributed by atoms with Crippen molar-refractivity contribution in [1.29, 1.82) is 0 Å². The van der Waals surface area contributed by atoms with Gasteiger partial charge in [0.25, 0.3) is 0 Å². The van der Waals surface area contributed by atoms with Gasteiger partial charge in [0.1, 0.15) is 0 Å². The van der Waals surface area contributed by atoms with Crippen molar-refractivity contribution in [2.45, 2.75) is 44.8 Å². The molecule has 1 aliphatic carbocycles. The molecule has 1 aliphatic rings. The number of carboxylic acid groups (broad SMARTS) is 1. The lowest BCUT2D eigenvalue weighted by Crippen LogP contribution is -2.56. The van der Waals surface area contributed by atoms with E-state index >= 15 is 0 Å². The van der Waals surface area contributed by atoms with Crippen LogP contribution in [-0.4, -0.2) is 52.2 Å². The highest BCUT2D eigenvalue weighted by molar-refractivity contribution is 7.16. The lowest BCUT2D eigenvalue weighted by atomic mass is 9.85. The fourth-order valence-electron chi connectivity index (χ4n) is 3.32. The fraction of sp³-hybridized carbons (Fsp3) is 0.500. The minimum absolute atomic E-state index is 0.0527. The van der Waals surface area contributed by atoms with E-state index in [1.54, 1.807) is 11.3 Å². The maximum atomic E-state index is 12.2. The van der Waals surface area contributed by atoms with Gasteiger partial charge in [0.2, 0.25) is 0 Å². The Morgan fingerprint density at radius 1 is 1.42 bits per heavy atom. The Morgan fingerprint density at radius 3 is 2.88 bits per heavy atom. The van der Waals surface area contributed by atoms with Gasteiger partial charge in [-0.2, -0.15) is 0 Å². The molecule has 2 amide bonds. The van der Waals surface area contributed by atoms with Crippen LogP contribution in [0.2, 0.25) is 0 Å². The van der Waals surface area contributed by atoms with E-state index in [4.69, 9.17) is 5.11 Å². The summed E-state index contributed by atoms with van der Waals surface area (Å²) in [7, 11) is 0. The van der Waals surface area contributed by atoms with Crippen LogP contribution in [-0.2, 0) is 4.79 Å². The predicted molar refractivity (Wildman–Crippen MR) is 101 cm³/mol. The predicted octanol–water partition coefficient (Wildman–Crippen LogP) is 2.59. The van der Waals surface area contributed by atoms with Crippen LogP contribution in [0.5, 0.6) is 0 Å². The molecule has 26 heavy (non-hydrogen) atoms. The highest BCUT2D eigenvalue weighted by Crippen LogP contribution is 2.26. The number of thiazole rings is 1. The molecule has 0 saturated heterocycles. The number of likely N-dealkylation sites (N-methyl/N-ethyl adjacent to an activating group) is 1. The van der Waals surface area contributed by atoms with Crippen molar-refractivity contribution in [2.24, 2.45) is 0 Å². The summed E-state index contributed by atoms with van der Waals surface area (Å²) >= 11 is 1.58. The second kappa shape index (κ2) is 8.01. The van der Waals surface area contributed by atoms with Gasteiger partial charge in [0.15, 0.2) is 0 Å². The second-order valence-electron chi connectivity index (χ2n) is 6.70. The third-order valence-electron chi connectivity index (χ3n) is 4.91. The Kier molecular flexibility index (Phi) is 5.73. The van der Waals surface area contributed by atoms with Gasteiger partial charge in [-0.25, -0.2) is 9.78 Å². The molecule has 0 spiro atoms. The Balaban J connectivity index is 1.46. The molecule has 0 aliphatic heterocycles. The molecule has 1 fully saturated rings. The molecule has 3 N–H and O–H groups in total. The zero-order chi connectivity index (χ0) is 18.7. The first-order valence-electron chi connectivity index (χ1n) is 8.82. The number of aliphatic carboxylic acids is 1. The number of nitrogens with zero attached hydrogens (tertiary/aromatic N) is 2. The monoisotopic (exact) mass is 376 g/mol. The summed E-state index contributed by atoms with van der Waals surface area (Å²) in [5.74, 6) is -0.812. The molecule has 140 valence electrons. The summed E-state index contributed by atoms with van der Waals surface area (Å²) in [5, 5.41) is 14.9. The Bertz CT molecular complexity index is 788. The number of amides is 2. The lowest BCUT2D eigenvalue weighted by molar-refractivity contribution is -0.139. The average Bonchev–Trinajstić information content (AvgIpc) is 3.03. The maximum absolute atomic E-state index is 12.2. The summed E-state index contributed by atoms with van der Waals surface area (Å²) in [5.41, 5.74) is 3.83. The molecular formula is C18H24N4O3S. The van der Waals surface area contributed by atoms with Crippen molar-refractivity contribution in [3.05, 3.63) is 29.3 Å². The number of urea groups is 1. The summed E-state index contributed by atoms with van der Waals surface area (Å²) < 4.78 is 1.11. The van der Waals surface area contributed by atoms with Gasteiger partial charge in [-0.3, -0.25) is 9.69 Å². The summed E-state index contributed by atoms with van der Waals surface area (Å²) in [6.07, 6.45) is 1.57. The number of hydrogen-bond acceptors (Lipinski definition) is 5. The number of fused-ring (bicyclic) bond motifs is 1. The van der Waals surface area contributed by atoms with Crippen LogP contribution in [0.25, 0.3) is 10.2 Å². The first-order valence-corrected chi connectivity index (χ1v) is 9.70. The quantitative estimate of drug-likeness (QED) is 0.690. The van der Waals surface area contributed by atoms with E-state index in [9.17, 15) is 9.59 Å². The molecule has 3 rings (SSSR count). The maximum Gasteiger partial charge on any atom is 0.317 e. The van der Waals surface area contributed by atoms with Crippen molar-refractivity contribution in [3.63, 3.8) is 0 Å². The van der Waals surface area contributed by atoms with Crippen molar-refractivity contribution in [3.8, 4) is 0 Å². The van der Waals surface area contributed by atoms with E-state index in [2.05, 4.69) is 21.7 Å². The molecule has 2 aromatic rings. The lowest BCUT2D eigenvalue weighted by Gasteiger charge is -2.42. The second-order valence-corrected chi connectivity index (χ2v) is 7.58. The van der Waals surface area contributed by atoms with Crippen LogP contribution in [0.4, 0.5) is 4.79 Å². The molecule has 1 aromatic heterocycles. The number of benzene rings is 1. The van der Waals surface area contributed by atoms with Crippen molar-refractivity contribution >= 4 is 33.6 Å². The molecular weight excluding hydrogens is 352 g/mol. The van der Waals surface area contributed by atoms with E-state index in [1.807, 2.05) is 36.4 Å². The molecule has 1 saturated carbocycles. The van der Waals surface area contributed by atoms with Crippen molar-refractivity contribution in [1.82, 2.24) is 20.5 Å². The van der Waals surface area contributed by atoms with Gasteiger partial charge in [-0.05, 0) is 44.0 Å². The molecule has 0 bridgehead atoms. The van der Waals surface area contributed by atoms with Gasteiger partial charge in [0.05, 0.1) is 28.3 Å². The van der Waals surface area contributed by atoms with Gasteiger partial charge in [0, 0.05) is 12.1 Å². The minimum Gasteiger partial charge on any atom is -0.480 e. The number of rotatable bonds is 7. The van der Waals surface area contributed by atoms with Crippen LogP contribution in [0, 0.1) is 0 Å². The fourth-order valence-corrected chi connectivity index (χ4v) is 4.05. The number of carbonyl (C=O) groups excluding carboxylic acids is 1. The van der Waals surface area contributed by atoms with Crippen LogP contribution in [0.15, 0.2) is 23.7 Å². The van der Waals surface area contributed by atoms with Crippen molar-refractivity contribution < 1.29 is 14.7 Å². The van der Waals surface area contributed by atoms with E-state index in [1.165, 1.54) is 0 Å². The number of carboxylic acids is 1. The molecule has 0 radical (unpaired) electrons. The average molecular weight is 376 g/mol. The van der Waals surface area contributed by atoms with E-state index in [0.717, 1.165) is 28.6 Å². The van der Waals surface area contributed by atoms with Crippen LogP contribution >= 0.6 is 11.3 Å². The van der Waals surface area contributed by atoms with Gasteiger partial charge in [-0.1, -0.05) is 13.0 Å². The third kappa shape index (κ3) is 4.31. The zero-order valence-electron chi connectivity index (χ0n) is 14.9. The molecule has 1 aromatic carbocycles. The van der Waals surface area contributed by atoms with Crippen molar-refractivity contribution in [2.75, 3.05) is 13.1 Å². The first kappa shape index (κ1) is 18.6. The normalized spacial score (nSPS) is 20.6. The highest BCUT2D eigenvalue weighted by Gasteiger charge is 2.34. The SMILES string of the molecule is CCN(CC(=O)O)C1CC(NC(=O)NC(C)c2ccc3ncsc3c2)C1. The standard InChI is InChI=1S/C18H24N4O3S/c1-3-22(9-17(23)24)14-7-13(8-14)21-18(25)20-11(2)12-4-5-15-16(6-12)26-10-19-15/h4-6,10-11,13-14H,3,7-9H2,1-2H3,(H,23,24)(H2,20,21,25). The minimum atomic E-state index is -0.812. The zero-order valence-corrected chi connectivity index (χ0v) is 15.8. The first-order chi connectivity index (χ1) is 12.5. The Labute approximate surface area is 156 Å². The number of carbonyl (C=O) groups is 2.